The largest absolute Gasteiger partial charge is 0.486 e. The topological polar surface area (TPSA) is 71.8 Å². The van der Waals surface area contributed by atoms with Crippen molar-refractivity contribution in [1.29, 1.82) is 0 Å². The minimum absolute atomic E-state index is 0.0184. The molecule has 0 spiro atoms. The predicted octanol–water partition coefficient (Wildman–Crippen LogP) is 6.28. The average Bonchev–Trinajstić information content (AvgIpc) is 3.12. The van der Waals surface area contributed by atoms with Gasteiger partial charge in [0, 0.05) is 35.4 Å². The molecule has 1 aromatic heterocycles. The maximum atomic E-state index is 13.2. The number of carbonyl (C=O) groups excluding carboxylic acids is 2. The molecule has 0 radical (unpaired) electrons. The van der Waals surface area contributed by atoms with E-state index < -0.39 is 5.60 Å². The molecule has 4 rings (SSSR count). The van der Waals surface area contributed by atoms with E-state index in [1.165, 1.54) is 0 Å². The summed E-state index contributed by atoms with van der Waals surface area (Å²) in [5.41, 5.74) is 4.00. The van der Waals surface area contributed by atoms with Crippen LogP contribution in [0, 0.1) is 13.8 Å². The number of nitrogens with zero attached hydrogens (tertiary/aromatic N) is 1. The second kappa shape index (κ2) is 8.58. The first-order valence-corrected chi connectivity index (χ1v) is 11.7. The fraction of sp³-hybridized carbons (Fsp3) is 0.407. The SMILES string of the molecule is CCN(CC)c1ccc(NC(=O)c2oc3ccc4c(c3c2C)C(=O)CC(C)(CC)O4)c(C)c1. The molecule has 6 heteroatoms. The highest BCUT2D eigenvalue weighted by Crippen LogP contribution is 2.41. The molecule has 33 heavy (non-hydrogen) atoms. The molecule has 1 unspecified atom stereocenters. The van der Waals surface area contributed by atoms with Gasteiger partial charge in [0.2, 0.25) is 0 Å². The number of carbonyl (C=O) groups is 2. The Labute approximate surface area is 194 Å². The third-order valence-corrected chi connectivity index (χ3v) is 6.77. The minimum Gasteiger partial charge on any atom is -0.486 e. The standard InChI is InChI=1S/C27H32N2O4/c1-7-27(6)15-20(30)24-22(33-27)13-12-21-23(24)17(5)25(32-21)26(31)28-19-11-10-18(14-16(19)4)29(8-2)9-3/h10-14H,7-9,15H2,1-6H3,(H,28,31). The van der Waals surface area contributed by atoms with Gasteiger partial charge in [0.05, 0.1) is 12.0 Å². The van der Waals surface area contributed by atoms with Gasteiger partial charge in [-0.25, -0.2) is 0 Å². The van der Waals surface area contributed by atoms with Crippen molar-refractivity contribution in [2.24, 2.45) is 0 Å². The van der Waals surface area contributed by atoms with Gasteiger partial charge >= 0.3 is 0 Å². The number of anilines is 2. The lowest BCUT2D eigenvalue weighted by Gasteiger charge is -2.34. The number of benzene rings is 2. The molecule has 0 bridgehead atoms. The number of hydrogen-bond donors (Lipinski definition) is 1. The Hall–Kier alpha value is -3.28. The molecule has 1 aliphatic rings. The van der Waals surface area contributed by atoms with Crippen LogP contribution in [0.15, 0.2) is 34.7 Å². The van der Waals surface area contributed by atoms with Crippen molar-refractivity contribution < 1.29 is 18.7 Å². The fourth-order valence-corrected chi connectivity index (χ4v) is 4.58. The van der Waals surface area contributed by atoms with E-state index in [1.807, 2.05) is 39.8 Å². The molecule has 1 amide bonds. The van der Waals surface area contributed by atoms with Crippen molar-refractivity contribution in [2.45, 2.75) is 60.0 Å². The minimum atomic E-state index is -0.509. The number of nitrogens with one attached hydrogen (secondary N) is 1. The van der Waals surface area contributed by atoms with Crippen molar-refractivity contribution in [3.8, 4) is 5.75 Å². The van der Waals surface area contributed by atoms with Crippen molar-refractivity contribution in [1.82, 2.24) is 0 Å². The molecular weight excluding hydrogens is 416 g/mol. The number of amides is 1. The number of hydrogen-bond acceptors (Lipinski definition) is 5. The number of Topliss-reactive ketones (excluding diaryl/α,β-unsaturated/α-hetero) is 1. The fourth-order valence-electron chi connectivity index (χ4n) is 4.58. The normalized spacial score (nSPS) is 17.6. The zero-order valence-corrected chi connectivity index (χ0v) is 20.3. The van der Waals surface area contributed by atoms with Gasteiger partial charge in [-0.2, -0.15) is 0 Å². The van der Waals surface area contributed by atoms with Crippen LogP contribution in [0.3, 0.4) is 0 Å². The van der Waals surface area contributed by atoms with E-state index >= 15 is 0 Å². The first-order valence-electron chi connectivity index (χ1n) is 11.7. The summed E-state index contributed by atoms with van der Waals surface area (Å²) in [5, 5.41) is 3.64. The zero-order valence-electron chi connectivity index (χ0n) is 20.3. The van der Waals surface area contributed by atoms with Gasteiger partial charge in [-0.15, -0.1) is 0 Å². The Morgan fingerprint density at radius 2 is 1.85 bits per heavy atom. The maximum absolute atomic E-state index is 13.2. The van der Waals surface area contributed by atoms with Crippen LogP contribution in [0.1, 0.15) is 72.6 Å². The molecule has 174 valence electrons. The molecule has 0 aliphatic carbocycles. The van der Waals surface area contributed by atoms with E-state index in [0.29, 0.717) is 34.3 Å². The third-order valence-electron chi connectivity index (χ3n) is 6.77. The van der Waals surface area contributed by atoms with Crippen molar-refractivity contribution in [3.63, 3.8) is 0 Å². The molecule has 0 fully saturated rings. The Balaban J connectivity index is 1.67. The van der Waals surface area contributed by atoms with Crippen molar-refractivity contribution >= 4 is 34.0 Å². The summed E-state index contributed by atoms with van der Waals surface area (Å²) in [6.45, 7) is 13.8. The van der Waals surface area contributed by atoms with Crippen LogP contribution in [-0.4, -0.2) is 30.4 Å². The summed E-state index contributed by atoms with van der Waals surface area (Å²) >= 11 is 0. The smallest absolute Gasteiger partial charge is 0.291 e. The van der Waals surface area contributed by atoms with Crippen molar-refractivity contribution in [2.75, 3.05) is 23.3 Å². The Morgan fingerprint density at radius 3 is 2.48 bits per heavy atom. The van der Waals surface area contributed by atoms with Crippen LogP contribution in [0.4, 0.5) is 11.4 Å². The van der Waals surface area contributed by atoms with Gasteiger partial charge in [-0.3, -0.25) is 9.59 Å². The highest BCUT2D eigenvalue weighted by atomic mass is 16.5. The zero-order chi connectivity index (χ0) is 23.9. The van der Waals surface area contributed by atoms with Crippen LogP contribution in [0.2, 0.25) is 0 Å². The average molecular weight is 449 g/mol. The van der Waals surface area contributed by atoms with E-state index in [0.717, 1.165) is 36.4 Å². The lowest BCUT2D eigenvalue weighted by molar-refractivity contribution is 0.0503. The molecule has 3 aromatic rings. The van der Waals surface area contributed by atoms with Crippen LogP contribution in [-0.2, 0) is 0 Å². The van der Waals surface area contributed by atoms with Crippen LogP contribution >= 0.6 is 0 Å². The van der Waals surface area contributed by atoms with Crippen LogP contribution in [0.5, 0.6) is 5.75 Å². The van der Waals surface area contributed by atoms with Gasteiger partial charge in [-0.1, -0.05) is 6.92 Å². The highest BCUT2D eigenvalue weighted by molar-refractivity contribution is 6.15. The Kier molecular flexibility index (Phi) is 5.95. The van der Waals surface area contributed by atoms with Gasteiger partial charge in [0.15, 0.2) is 11.5 Å². The van der Waals surface area contributed by atoms with Gasteiger partial charge in [0.1, 0.15) is 16.9 Å². The second-order valence-electron chi connectivity index (χ2n) is 9.00. The van der Waals surface area contributed by atoms with E-state index in [1.54, 1.807) is 12.1 Å². The number of fused-ring (bicyclic) bond motifs is 3. The van der Waals surface area contributed by atoms with Crippen LogP contribution < -0.4 is 15.0 Å². The molecule has 2 heterocycles. The number of aryl methyl sites for hydroxylation is 2. The monoisotopic (exact) mass is 448 g/mol. The Morgan fingerprint density at radius 1 is 1.12 bits per heavy atom. The van der Waals surface area contributed by atoms with E-state index in [4.69, 9.17) is 9.15 Å². The molecular formula is C27H32N2O4. The van der Waals surface area contributed by atoms with E-state index in [2.05, 4.69) is 30.1 Å². The summed E-state index contributed by atoms with van der Waals surface area (Å²) in [5.74, 6) is 0.452. The van der Waals surface area contributed by atoms with Gasteiger partial charge in [0.25, 0.3) is 5.91 Å². The van der Waals surface area contributed by atoms with Crippen LogP contribution in [0.25, 0.3) is 11.0 Å². The first kappa shape index (κ1) is 22.9. The summed E-state index contributed by atoms with van der Waals surface area (Å²) in [6.07, 6.45) is 1.04. The molecule has 1 atom stereocenters. The number of ketones is 1. The number of ether oxygens (including phenoxy) is 1. The molecule has 1 N–H and O–H groups in total. The lowest BCUT2D eigenvalue weighted by atomic mass is 9.87. The van der Waals surface area contributed by atoms with E-state index in [9.17, 15) is 9.59 Å². The molecule has 0 saturated carbocycles. The van der Waals surface area contributed by atoms with Gasteiger partial charge < -0.3 is 19.4 Å². The third kappa shape index (κ3) is 3.99. The summed E-state index contributed by atoms with van der Waals surface area (Å²) in [4.78, 5) is 28.5. The molecule has 6 nitrogen and oxygen atoms in total. The van der Waals surface area contributed by atoms with Gasteiger partial charge in [-0.05, 0) is 76.9 Å². The quantitative estimate of drug-likeness (QED) is 0.480. The first-order chi connectivity index (χ1) is 15.7. The highest BCUT2D eigenvalue weighted by Gasteiger charge is 2.37. The summed E-state index contributed by atoms with van der Waals surface area (Å²) in [7, 11) is 0. The Bertz CT molecular complexity index is 1240. The number of rotatable bonds is 6. The van der Waals surface area contributed by atoms with E-state index in [-0.39, 0.29) is 17.5 Å². The molecule has 1 aliphatic heterocycles. The molecule has 2 aromatic carbocycles. The van der Waals surface area contributed by atoms with Crippen molar-refractivity contribution in [3.05, 3.63) is 52.8 Å². The lowest BCUT2D eigenvalue weighted by Crippen LogP contribution is -2.38. The summed E-state index contributed by atoms with van der Waals surface area (Å²) in [6, 6.07) is 9.55. The predicted molar refractivity (Wildman–Crippen MR) is 132 cm³/mol. The maximum Gasteiger partial charge on any atom is 0.291 e. The second-order valence-corrected chi connectivity index (χ2v) is 9.00. The summed E-state index contributed by atoms with van der Waals surface area (Å²) < 4.78 is 12.1. The number of furan rings is 1. The molecule has 0 saturated heterocycles.